The molecular formula is C16H16N2O2. The van der Waals surface area contributed by atoms with E-state index < -0.39 is 0 Å². The number of aromatic nitrogens is 1. The first-order valence-corrected chi connectivity index (χ1v) is 6.48. The average Bonchev–Trinajstić information content (AvgIpc) is 2.43. The third-order valence-electron chi connectivity index (χ3n) is 3.46. The molecule has 0 spiro atoms. The monoisotopic (exact) mass is 268 g/mol. The summed E-state index contributed by atoms with van der Waals surface area (Å²) >= 11 is 0. The van der Waals surface area contributed by atoms with E-state index in [-0.39, 0.29) is 11.3 Å². The number of nitrogens with zero attached hydrogens (tertiary/aromatic N) is 1. The quantitative estimate of drug-likeness (QED) is 0.702. The van der Waals surface area contributed by atoms with Crippen LogP contribution in [0.5, 0.6) is 5.75 Å². The summed E-state index contributed by atoms with van der Waals surface area (Å²) in [5, 5.41) is 13.0. The highest BCUT2D eigenvalue weighted by molar-refractivity contribution is 6.07. The Bertz CT molecular complexity index is 850. The molecule has 3 aromatic rings. The number of aromatic amines is 1. The van der Waals surface area contributed by atoms with Crippen molar-refractivity contribution in [1.29, 1.82) is 0 Å². The molecule has 0 atom stereocenters. The number of aromatic hydroxyl groups is 1. The number of pyridine rings is 1. The molecule has 4 nitrogen and oxygen atoms in total. The Morgan fingerprint density at radius 3 is 2.60 bits per heavy atom. The smallest absolute Gasteiger partial charge is 0.256 e. The first-order chi connectivity index (χ1) is 9.58. The van der Waals surface area contributed by atoms with Crippen LogP contribution < -0.4 is 5.56 Å². The van der Waals surface area contributed by atoms with E-state index in [1.54, 1.807) is 0 Å². The molecule has 0 aliphatic carbocycles. The summed E-state index contributed by atoms with van der Waals surface area (Å²) in [6.45, 7) is 0.407. The van der Waals surface area contributed by atoms with Crippen LogP contribution in [0.15, 0.2) is 41.2 Å². The normalized spacial score (nSPS) is 11.6. The van der Waals surface area contributed by atoms with Gasteiger partial charge in [0.15, 0.2) is 0 Å². The molecule has 1 heterocycles. The van der Waals surface area contributed by atoms with Gasteiger partial charge in [0.1, 0.15) is 5.75 Å². The molecule has 0 bridgehead atoms. The molecule has 1 aromatic heterocycles. The van der Waals surface area contributed by atoms with Crippen LogP contribution in [0.3, 0.4) is 0 Å². The van der Waals surface area contributed by atoms with Crippen molar-refractivity contribution in [1.82, 2.24) is 9.88 Å². The summed E-state index contributed by atoms with van der Waals surface area (Å²) in [7, 11) is 3.73. The Labute approximate surface area is 116 Å². The Balaban J connectivity index is 2.40. The largest absolute Gasteiger partial charge is 0.507 e. The molecule has 0 saturated heterocycles. The predicted octanol–water partition coefficient (Wildman–Crippen LogP) is 2.45. The minimum atomic E-state index is -0.236. The zero-order chi connectivity index (χ0) is 14.3. The standard InChI is InChI=1S/C16H16N2O2/c1-18(2)9-13-15(19)12-8-7-10-5-3-4-6-11(10)14(12)17-16(13)20/h3-8H,9H2,1-2H3,(H2,17,19,20). The van der Waals surface area contributed by atoms with Crippen LogP contribution in [0.1, 0.15) is 5.56 Å². The maximum absolute atomic E-state index is 12.2. The van der Waals surface area contributed by atoms with Gasteiger partial charge in [0, 0.05) is 17.3 Å². The van der Waals surface area contributed by atoms with Crippen LogP contribution in [0.4, 0.5) is 0 Å². The minimum Gasteiger partial charge on any atom is -0.507 e. The van der Waals surface area contributed by atoms with Crippen molar-refractivity contribution in [2.45, 2.75) is 6.54 Å². The summed E-state index contributed by atoms with van der Waals surface area (Å²) in [5.74, 6) is 0.0724. The molecule has 0 radical (unpaired) electrons. The lowest BCUT2D eigenvalue weighted by Crippen LogP contribution is -2.20. The van der Waals surface area contributed by atoms with Gasteiger partial charge in [-0.15, -0.1) is 0 Å². The maximum atomic E-state index is 12.2. The van der Waals surface area contributed by atoms with Crippen LogP contribution in [-0.4, -0.2) is 29.1 Å². The number of fused-ring (bicyclic) bond motifs is 3. The van der Waals surface area contributed by atoms with Gasteiger partial charge in [-0.2, -0.15) is 0 Å². The van der Waals surface area contributed by atoms with Gasteiger partial charge < -0.3 is 15.0 Å². The molecule has 0 saturated carbocycles. The molecule has 4 heteroatoms. The molecule has 0 aliphatic heterocycles. The van der Waals surface area contributed by atoms with E-state index >= 15 is 0 Å². The van der Waals surface area contributed by atoms with Gasteiger partial charge in [-0.05, 0) is 25.5 Å². The van der Waals surface area contributed by atoms with Crippen molar-refractivity contribution in [3.8, 4) is 5.75 Å². The number of benzene rings is 2. The lowest BCUT2D eigenvalue weighted by atomic mass is 10.0. The van der Waals surface area contributed by atoms with Gasteiger partial charge in [0.2, 0.25) is 0 Å². The third-order valence-corrected chi connectivity index (χ3v) is 3.46. The highest BCUT2D eigenvalue weighted by atomic mass is 16.3. The fourth-order valence-electron chi connectivity index (χ4n) is 2.53. The molecule has 3 rings (SSSR count). The average molecular weight is 268 g/mol. The molecule has 0 unspecified atom stereocenters. The second-order valence-electron chi connectivity index (χ2n) is 5.23. The second kappa shape index (κ2) is 4.65. The maximum Gasteiger partial charge on any atom is 0.256 e. The fourth-order valence-corrected chi connectivity index (χ4v) is 2.53. The Kier molecular flexibility index (Phi) is 2.95. The van der Waals surface area contributed by atoms with Crippen molar-refractivity contribution in [3.63, 3.8) is 0 Å². The van der Waals surface area contributed by atoms with E-state index in [0.717, 1.165) is 10.8 Å². The van der Waals surface area contributed by atoms with Crippen molar-refractivity contribution in [2.75, 3.05) is 14.1 Å². The van der Waals surface area contributed by atoms with Gasteiger partial charge >= 0.3 is 0 Å². The first-order valence-electron chi connectivity index (χ1n) is 6.48. The molecule has 2 aromatic carbocycles. The van der Waals surface area contributed by atoms with Gasteiger partial charge in [0.05, 0.1) is 11.1 Å². The molecular weight excluding hydrogens is 252 g/mol. The molecule has 102 valence electrons. The van der Waals surface area contributed by atoms with Crippen molar-refractivity contribution in [3.05, 3.63) is 52.3 Å². The van der Waals surface area contributed by atoms with Crippen molar-refractivity contribution in [2.24, 2.45) is 0 Å². The minimum absolute atomic E-state index is 0.0724. The first kappa shape index (κ1) is 12.7. The topological polar surface area (TPSA) is 56.3 Å². The van der Waals surface area contributed by atoms with Gasteiger partial charge in [-0.3, -0.25) is 4.79 Å². The van der Waals surface area contributed by atoms with Gasteiger partial charge in [-0.25, -0.2) is 0 Å². The van der Waals surface area contributed by atoms with Crippen LogP contribution >= 0.6 is 0 Å². The Morgan fingerprint density at radius 2 is 1.85 bits per heavy atom. The van der Waals surface area contributed by atoms with Crippen molar-refractivity contribution >= 4 is 21.7 Å². The zero-order valence-corrected chi connectivity index (χ0v) is 11.5. The van der Waals surface area contributed by atoms with E-state index in [1.807, 2.05) is 55.4 Å². The third kappa shape index (κ3) is 1.94. The Hall–Kier alpha value is -2.33. The van der Waals surface area contributed by atoms with E-state index in [9.17, 15) is 9.90 Å². The molecule has 0 aliphatic rings. The highest BCUT2D eigenvalue weighted by Crippen LogP contribution is 2.30. The van der Waals surface area contributed by atoms with Gasteiger partial charge in [0.25, 0.3) is 5.56 Å². The molecule has 2 N–H and O–H groups in total. The summed E-state index contributed by atoms with van der Waals surface area (Å²) in [6, 6.07) is 11.6. The van der Waals surface area contributed by atoms with E-state index in [0.29, 0.717) is 23.0 Å². The van der Waals surface area contributed by atoms with Crippen LogP contribution in [0.2, 0.25) is 0 Å². The zero-order valence-electron chi connectivity index (χ0n) is 11.5. The molecule has 20 heavy (non-hydrogen) atoms. The Morgan fingerprint density at radius 1 is 1.10 bits per heavy atom. The van der Waals surface area contributed by atoms with E-state index in [1.165, 1.54) is 0 Å². The summed E-state index contributed by atoms with van der Waals surface area (Å²) in [6.07, 6.45) is 0. The molecule has 0 amide bonds. The fraction of sp³-hybridized carbons (Fsp3) is 0.188. The number of H-pyrrole nitrogens is 1. The van der Waals surface area contributed by atoms with Crippen LogP contribution in [0, 0.1) is 0 Å². The summed E-state index contributed by atoms with van der Waals surface area (Å²) < 4.78 is 0. The second-order valence-corrected chi connectivity index (χ2v) is 5.23. The molecule has 0 fully saturated rings. The van der Waals surface area contributed by atoms with Crippen LogP contribution in [0.25, 0.3) is 21.7 Å². The highest BCUT2D eigenvalue weighted by Gasteiger charge is 2.13. The van der Waals surface area contributed by atoms with Gasteiger partial charge in [-0.1, -0.05) is 30.3 Å². The number of hydrogen-bond acceptors (Lipinski definition) is 3. The van der Waals surface area contributed by atoms with E-state index in [2.05, 4.69) is 4.98 Å². The van der Waals surface area contributed by atoms with Crippen LogP contribution in [-0.2, 0) is 6.54 Å². The number of nitrogens with one attached hydrogen (secondary N) is 1. The number of hydrogen-bond donors (Lipinski definition) is 2. The number of rotatable bonds is 2. The van der Waals surface area contributed by atoms with Crippen molar-refractivity contribution < 1.29 is 5.11 Å². The lowest BCUT2D eigenvalue weighted by molar-refractivity contribution is 0.385. The lowest BCUT2D eigenvalue weighted by Gasteiger charge is -2.13. The SMILES string of the molecule is CN(C)Cc1c(O)c2ccc3ccccc3c2[nH]c1=O. The summed E-state index contributed by atoms with van der Waals surface area (Å²) in [4.78, 5) is 17.0. The summed E-state index contributed by atoms with van der Waals surface area (Å²) in [5.41, 5.74) is 0.853. The van der Waals surface area contributed by atoms with E-state index in [4.69, 9.17) is 0 Å². The predicted molar refractivity (Wildman–Crippen MR) is 81.1 cm³/mol.